The number of carbonyl (C=O) groups excluding carboxylic acids is 3. The molecule has 1 aliphatic carbocycles. The summed E-state index contributed by atoms with van der Waals surface area (Å²) in [4.78, 5) is 37.4. The van der Waals surface area contributed by atoms with Gasteiger partial charge in [0.2, 0.25) is 5.91 Å². The van der Waals surface area contributed by atoms with Gasteiger partial charge >= 0.3 is 5.97 Å². The van der Waals surface area contributed by atoms with E-state index in [0.29, 0.717) is 17.4 Å². The Balaban J connectivity index is 1.47. The van der Waals surface area contributed by atoms with Crippen LogP contribution in [0, 0.1) is 11.7 Å². The van der Waals surface area contributed by atoms with Gasteiger partial charge in [0, 0.05) is 11.4 Å². The molecule has 2 N–H and O–H groups in total. The molecule has 0 spiro atoms. The predicted molar refractivity (Wildman–Crippen MR) is 127 cm³/mol. The molecule has 0 radical (unpaired) electrons. The summed E-state index contributed by atoms with van der Waals surface area (Å²) in [7, 11) is 0. The van der Waals surface area contributed by atoms with Crippen LogP contribution < -0.4 is 10.6 Å². The molecule has 0 heterocycles. The van der Waals surface area contributed by atoms with Gasteiger partial charge in [-0.3, -0.25) is 9.59 Å². The van der Waals surface area contributed by atoms with Crippen molar-refractivity contribution in [3.05, 3.63) is 58.9 Å². The van der Waals surface area contributed by atoms with E-state index in [1.807, 2.05) is 0 Å². The first-order chi connectivity index (χ1) is 15.9. The third kappa shape index (κ3) is 8.05. The Morgan fingerprint density at radius 2 is 1.82 bits per heavy atom. The largest absolute Gasteiger partial charge is 0.452 e. The summed E-state index contributed by atoms with van der Waals surface area (Å²) in [5.74, 6) is -1.16. The van der Waals surface area contributed by atoms with Crippen LogP contribution in [0.5, 0.6) is 0 Å². The van der Waals surface area contributed by atoms with E-state index in [-0.39, 0.29) is 27.9 Å². The van der Waals surface area contributed by atoms with E-state index < -0.39 is 24.3 Å². The molecule has 1 saturated carbocycles. The van der Waals surface area contributed by atoms with Gasteiger partial charge in [-0.25, -0.2) is 9.18 Å². The zero-order chi connectivity index (χ0) is 23.6. The third-order valence-corrected chi connectivity index (χ3v) is 6.70. The van der Waals surface area contributed by atoms with Gasteiger partial charge < -0.3 is 15.4 Å². The topological polar surface area (TPSA) is 84.5 Å². The van der Waals surface area contributed by atoms with Crippen molar-refractivity contribution in [2.75, 3.05) is 24.2 Å². The number of hydrogen-bond acceptors (Lipinski definition) is 5. The van der Waals surface area contributed by atoms with E-state index in [2.05, 4.69) is 10.6 Å². The number of benzene rings is 2. The van der Waals surface area contributed by atoms with Crippen LogP contribution in [0.2, 0.25) is 5.02 Å². The number of rotatable bonds is 9. The lowest BCUT2D eigenvalue weighted by atomic mass is 9.89. The van der Waals surface area contributed by atoms with Crippen molar-refractivity contribution in [3.63, 3.8) is 0 Å². The average molecular weight is 493 g/mol. The summed E-state index contributed by atoms with van der Waals surface area (Å²) < 4.78 is 18.2. The molecule has 2 amide bonds. The van der Waals surface area contributed by atoms with Crippen LogP contribution in [0.1, 0.15) is 42.5 Å². The smallest absolute Gasteiger partial charge is 0.339 e. The van der Waals surface area contributed by atoms with Crippen LogP contribution in [-0.2, 0) is 14.3 Å². The first-order valence-electron chi connectivity index (χ1n) is 10.8. The highest BCUT2D eigenvalue weighted by molar-refractivity contribution is 8.00. The number of carbonyl (C=O) groups is 3. The van der Waals surface area contributed by atoms with Crippen LogP contribution in [0.3, 0.4) is 0 Å². The Kier molecular flexibility index (Phi) is 9.57. The van der Waals surface area contributed by atoms with Gasteiger partial charge in [0.15, 0.2) is 6.61 Å². The number of esters is 1. The number of halogens is 2. The molecule has 9 heteroatoms. The van der Waals surface area contributed by atoms with E-state index in [9.17, 15) is 18.8 Å². The molecule has 0 aliphatic heterocycles. The molecule has 0 aromatic heterocycles. The Hall–Kier alpha value is -2.58. The minimum atomic E-state index is -0.680. The lowest BCUT2D eigenvalue weighted by Gasteiger charge is -2.21. The lowest BCUT2D eigenvalue weighted by molar-refractivity contribution is -0.119. The molecule has 6 nitrogen and oxygen atoms in total. The number of nitrogens with one attached hydrogen (secondary N) is 2. The van der Waals surface area contributed by atoms with Gasteiger partial charge in [-0.1, -0.05) is 43.0 Å². The summed E-state index contributed by atoms with van der Waals surface area (Å²) in [6.45, 7) is 0.156. The molecule has 2 aromatic carbocycles. The van der Waals surface area contributed by atoms with E-state index in [4.69, 9.17) is 16.3 Å². The van der Waals surface area contributed by atoms with Gasteiger partial charge in [0.05, 0.1) is 22.0 Å². The number of hydrogen-bond donors (Lipinski definition) is 2. The van der Waals surface area contributed by atoms with E-state index in [1.54, 1.807) is 24.3 Å². The highest BCUT2D eigenvalue weighted by Gasteiger charge is 2.17. The summed E-state index contributed by atoms with van der Waals surface area (Å²) in [5, 5.41) is 5.49. The fourth-order valence-electron chi connectivity index (χ4n) is 3.59. The van der Waals surface area contributed by atoms with Crippen molar-refractivity contribution in [3.8, 4) is 0 Å². The van der Waals surface area contributed by atoms with Crippen molar-refractivity contribution in [1.29, 1.82) is 0 Å². The molecule has 1 aliphatic rings. The highest BCUT2D eigenvalue weighted by Crippen LogP contribution is 2.25. The Morgan fingerprint density at radius 1 is 1.06 bits per heavy atom. The average Bonchev–Trinajstić information content (AvgIpc) is 2.82. The molecule has 2 aromatic rings. The molecule has 176 valence electrons. The standard InChI is InChI=1S/C24H26ClFN2O4S/c25-19-12-17(26)10-11-20(19)28-22(29)14-32-24(31)18-8-4-5-9-21(18)33-15-23(30)27-13-16-6-2-1-3-7-16/h4-5,8-12,16H,1-3,6-7,13-15H2,(H,27,30)(H,28,29). The Labute approximate surface area is 201 Å². The fourth-order valence-corrected chi connectivity index (χ4v) is 4.68. The molecule has 33 heavy (non-hydrogen) atoms. The Bertz CT molecular complexity index is 998. The second-order valence-electron chi connectivity index (χ2n) is 7.84. The lowest BCUT2D eigenvalue weighted by Crippen LogP contribution is -2.31. The number of ether oxygens (including phenoxy) is 1. The molecule has 0 unspecified atom stereocenters. The van der Waals surface area contributed by atoms with Crippen molar-refractivity contribution in [1.82, 2.24) is 5.32 Å². The molecular formula is C24H26ClFN2O4S. The Morgan fingerprint density at radius 3 is 2.58 bits per heavy atom. The maximum Gasteiger partial charge on any atom is 0.339 e. The minimum absolute atomic E-state index is 0.0400. The summed E-state index contributed by atoms with van der Waals surface area (Å²) >= 11 is 7.13. The second-order valence-corrected chi connectivity index (χ2v) is 9.27. The summed E-state index contributed by atoms with van der Waals surface area (Å²) in [6, 6.07) is 10.3. The van der Waals surface area contributed by atoms with Gasteiger partial charge in [0.1, 0.15) is 5.82 Å². The van der Waals surface area contributed by atoms with E-state index in [0.717, 1.165) is 25.0 Å². The fraction of sp³-hybridized carbons (Fsp3) is 0.375. The summed E-state index contributed by atoms with van der Waals surface area (Å²) in [5.41, 5.74) is 0.490. The first kappa shape index (κ1) is 25.1. The van der Waals surface area contributed by atoms with E-state index >= 15 is 0 Å². The SMILES string of the molecule is O=C(CSc1ccccc1C(=O)OCC(=O)Nc1ccc(F)cc1Cl)NCC1CCCCC1. The molecule has 0 saturated heterocycles. The second kappa shape index (κ2) is 12.6. The van der Waals surface area contributed by atoms with Gasteiger partial charge in [-0.15, -0.1) is 11.8 Å². The normalized spacial score (nSPS) is 13.9. The van der Waals surface area contributed by atoms with Crippen LogP contribution >= 0.6 is 23.4 Å². The maximum atomic E-state index is 13.1. The van der Waals surface area contributed by atoms with Crippen molar-refractivity contribution >= 4 is 46.8 Å². The highest BCUT2D eigenvalue weighted by atomic mass is 35.5. The van der Waals surface area contributed by atoms with E-state index in [1.165, 1.54) is 37.1 Å². The monoisotopic (exact) mass is 492 g/mol. The maximum absolute atomic E-state index is 13.1. The quantitative estimate of drug-likeness (QED) is 0.377. The van der Waals surface area contributed by atoms with Crippen molar-refractivity contribution in [2.45, 2.75) is 37.0 Å². The van der Waals surface area contributed by atoms with Crippen LogP contribution in [0.4, 0.5) is 10.1 Å². The van der Waals surface area contributed by atoms with Crippen molar-refractivity contribution in [2.24, 2.45) is 5.92 Å². The zero-order valence-electron chi connectivity index (χ0n) is 18.1. The molecular weight excluding hydrogens is 467 g/mol. The van der Waals surface area contributed by atoms with Crippen LogP contribution in [-0.4, -0.2) is 36.7 Å². The van der Waals surface area contributed by atoms with Crippen LogP contribution in [0.15, 0.2) is 47.4 Å². The molecule has 3 rings (SSSR count). The third-order valence-electron chi connectivity index (χ3n) is 5.32. The molecule has 0 atom stereocenters. The van der Waals surface area contributed by atoms with Crippen LogP contribution in [0.25, 0.3) is 0 Å². The number of thioether (sulfide) groups is 1. The zero-order valence-corrected chi connectivity index (χ0v) is 19.6. The van der Waals surface area contributed by atoms with Crippen molar-refractivity contribution < 1.29 is 23.5 Å². The van der Waals surface area contributed by atoms with Gasteiger partial charge in [-0.05, 0) is 49.1 Å². The first-order valence-corrected chi connectivity index (χ1v) is 12.2. The van der Waals surface area contributed by atoms with Gasteiger partial charge in [0.25, 0.3) is 5.91 Å². The number of amides is 2. The predicted octanol–water partition coefficient (Wildman–Crippen LogP) is 5.06. The number of anilines is 1. The van der Waals surface area contributed by atoms with Gasteiger partial charge in [-0.2, -0.15) is 0 Å². The minimum Gasteiger partial charge on any atom is -0.452 e. The molecule has 0 bridgehead atoms. The molecule has 1 fully saturated rings. The summed E-state index contributed by atoms with van der Waals surface area (Å²) in [6.07, 6.45) is 6.03.